The summed E-state index contributed by atoms with van der Waals surface area (Å²) in [5.41, 5.74) is 2.30. The lowest BCUT2D eigenvalue weighted by molar-refractivity contribution is 0.597. The molecule has 3 rings (SSSR count). The SMILES string of the molecule is CS(=O)(=O)c1cc(S(N)(=O)=O)ccc1NCc1ccccc1Cn1cccn1. The fourth-order valence-corrected chi connectivity index (χ4v) is 4.27. The van der Waals surface area contributed by atoms with Gasteiger partial charge in [0.05, 0.1) is 22.0 Å². The van der Waals surface area contributed by atoms with E-state index in [1.807, 2.05) is 36.5 Å². The Kier molecular flexibility index (Phi) is 5.54. The summed E-state index contributed by atoms with van der Waals surface area (Å²) in [6.45, 7) is 0.933. The van der Waals surface area contributed by atoms with E-state index < -0.39 is 19.9 Å². The summed E-state index contributed by atoms with van der Waals surface area (Å²) in [5.74, 6) is 0. The molecule has 148 valence electrons. The Morgan fingerprint density at radius 3 is 2.36 bits per heavy atom. The van der Waals surface area contributed by atoms with Gasteiger partial charge in [-0.1, -0.05) is 24.3 Å². The molecule has 0 fully saturated rings. The van der Waals surface area contributed by atoms with E-state index in [9.17, 15) is 16.8 Å². The molecule has 10 heteroatoms. The number of benzene rings is 2. The number of primary sulfonamides is 1. The van der Waals surface area contributed by atoms with E-state index in [1.165, 1.54) is 12.1 Å². The Hall–Kier alpha value is -2.69. The van der Waals surface area contributed by atoms with Crippen LogP contribution in [0.15, 0.2) is 70.7 Å². The number of nitrogens with one attached hydrogen (secondary N) is 1. The molecule has 2 aromatic carbocycles. The van der Waals surface area contributed by atoms with Crippen molar-refractivity contribution in [2.24, 2.45) is 5.14 Å². The number of aromatic nitrogens is 2. The van der Waals surface area contributed by atoms with Gasteiger partial charge < -0.3 is 5.32 Å². The van der Waals surface area contributed by atoms with Crippen molar-refractivity contribution in [3.05, 3.63) is 72.1 Å². The second kappa shape index (κ2) is 7.74. The van der Waals surface area contributed by atoms with Gasteiger partial charge >= 0.3 is 0 Å². The minimum Gasteiger partial charge on any atom is -0.380 e. The van der Waals surface area contributed by atoms with Crippen LogP contribution in [0.5, 0.6) is 0 Å². The molecule has 1 heterocycles. The van der Waals surface area contributed by atoms with Crippen molar-refractivity contribution in [3.63, 3.8) is 0 Å². The van der Waals surface area contributed by atoms with E-state index in [-0.39, 0.29) is 9.79 Å². The highest BCUT2D eigenvalue weighted by Crippen LogP contribution is 2.25. The zero-order valence-corrected chi connectivity index (χ0v) is 16.7. The van der Waals surface area contributed by atoms with Crippen LogP contribution < -0.4 is 10.5 Å². The average molecular weight is 421 g/mol. The maximum absolute atomic E-state index is 12.1. The van der Waals surface area contributed by atoms with Crippen molar-refractivity contribution in [2.45, 2.75) is 22.9 Å². The largest absolute Gasteiger partial charge is 0.380 e. The van der Waals surface area contributed by atoms with Crippen LogP contribution in [0.1, 0.15) is 11.1 Å². The number of sulfonamides is 1. The molecule has 1 aromatic heterocycles. The molecule has 0 aliphatic heterocycles. The van der Waals surface area contributed by atoms with E-state index in [0.29, 0.717) is 18.8 Å². The summed E-state index contributed by atoms with van der Waals surface area (Å²) in [6.07, 6.45) is 4.58. The molecule has 3 N–H and O–H groups in total. The maximum Gasteiger partial charge on any atom is 0.238 e. The van der Waals surface area contributed by atoms with Crippen molar-refractivity contribution >= 4 is 25.5 Å². The molecule has 0 bridgehead atoms. The van der Waals surface area contributed by atoms with Crippen LogP contribution in [0.25, 0.3) is 0 Å². The average Bonchev–Trinajstić information content (AvgIpc) is 3.12. The van der Waals surface area contributed by atoms with Gasteiger partial charge in [-0.3, -0.25) is 4.68 Å². The Balaban J connectivity index is 1.89. The smallest absolute Gasteiger partial charge is 0.238 e. The van der Waals surface area contributed by atoms with Crippen LogP contribution >= 0.6 is 0 Å². The van der Waals surface area contributed by atoms with E-state index in [4.69, 9.17) is 5.14 Å². The number of sulfone groups is 1. The van der Waals surface area contributed by atoms with E-state index in [2.05, 4.69) is 10.4 Å². The lowest BCUT2D eigenvalue weighted by Crippen LogP contribution is -2.14. The molecule has 3 aromatic rings. The Labute approximate surface area is 164 Å². The van der Waals surface area contributed by atoms with Gasteiger partial charge in [0.2, 0.25) is 10.0 Å². The third kappa shape index (κ3) is 4.77. The number of rotatable bonds is 7. The third-order valence-corrected chi connectivity index (χ3v) is 6.21. The molecule has 0 atom stereocenters. The van der Waals surface area contributed by atoms with E-state index in [0.717, 1.165) is 23.4 Å². The first-order chi connectivity index (χ1) is 13.1. The van der Waals surface area contributed by atoms with Gasteiger partial charge in [-0.2, -0.15) is 5.10 Å². The molecule has 28 heavy (non-hydrogen) atoms. The van der Waals surface area contributed by atoms with Crippen LogP contribution in [0.4, 0.5) is 5.69 Å². The zero-order chi connectivity index (χ0) is 20.4. The van der Waals surface area contributed by atoms with E-state index in [1.54, 1.807) is 10.9 Å². The minimum atomic E-state index is -4.01. The molecule has 0 saturated carbocycles. The highest BCUT2D eigenvalue weighted by molar-refractivity contribution is 7.91. The fraction of sp³-hybridized carbons (Fsp3) is 0.167. The summed E-state index contributed by atoms with van der Waals surface area (Å²) < 4.78 is 49.2. The van der Waals surface area contributed by atoms with Crippen LogP contribution in [0, 0.1) is 0 Å². The van der Waals surface area contributed by atoms with Crippen LogP contribution in [-0.2, 0) is 33.0 Å². The quantitative estimate of drug-likeness (QED) is 0.598. The second-order valence-corrected chi connectivity index (χ2v) is 9.85. The van der Waals surface area contributed by atoms with Crippen molar-refractivity contribution in [2.75, 3.05) is 11.6 Å². The first-order valence-electron chi connectivity index (χ1n) is 8.29. The van der Waals surface area contributed by atoms with Crippen LogP contribution in [0.2, 0.25) is 0 Å². The normalized spacial score (nSPS) is 12.1. The van der Waals surface area contributed by atoms with Gasteiger partial charge in [-0.15, -0.1) is 0 Å². The maximum atomic E-state index is 12.1. The van der Waals surface area contributed by atoms with Gasteiger partial charge in [-0.05, 0) is 35.4 Å². The van der Waals surface area contributed by atoms with Crippen molar-refractivity contribution in [1.82, 2.24) is 9.78 Å². The highest BCUT2D eigenvalue weighted by atomic mass is 32.2. The van der Waals surface area contributed by atoms with Gasteiger partial charge in [0, 0.05) is 25.2 Å². The van der Waals surface area contributed by atoms with Gasteiger partial charge in [0.25, 0.3) is 0 Å². The highest BCUT2D eigenvalue weighted by Gasteiger charge is 2.18. The Morgan fingerprint density at radius 1 is 1.04 bits per heavy atom. The van der Waals surface area contributed by atoms with Gasteiger partial charge in [0.15, 0.2) is 9.84 Å². The summed E-state index contributed by atoms with van der Waals surface area (Å²) in [4.78, 5) is -0.374. The minimum absolute atomic E-state index is 0.122. The second-order valence-electron chi connectivity index (χ2n) is 6.30. The number of nitrogens with zero attached hydrogens (tertiary/aromatic N) is 2. The molecular formula is C18H20N4O4S2. The first kappa shape index (κ1) is 20.1. The predicted molar refractivity (Wildman–Crippen MR) is 106 cm³/mol. The number of hydrogen-bond acceptors (Lipinski definition) is 6. The van der Waals surface area contributed by atoms with E-state index >= 15 is 0 Å². The summed E-state index contributed by atoms with van der Waals surface area (Å²) in [5, 5.41) is 12.4. The third-order valence-electron chi connectivity index (χ3n) is 4.16. The summed E-state index contributed by atoms with van der Waals surface area (Å²) in [6, 6.07) is 13.3. The standard InChI is InChI=1S/C18H20N4O4S2/c1-27(23,24)18-11-16(28(19,25)26)7-8-17(18)20-12-14-5-2-3-6-15(14)13-22-10-4-9-21-22/h2-11,20H,12-13H2,1H3,(H2,19,25,26). The van der Waals surface area contributed by atoms with Gasteiger partial charge in [-0.25, -0.2) is 22.0 Å². The molecule has 0 amide bonds. The van der Waals surface area contributed by atoms with Gasteiger partial charge in [0.1, 0.15) is 0 Å². The molecule has 0 unspecified atom stereocenters. The number of hydrogen-bond donors (Lipinski definition) is 2. The predicted octanol–water partition coefficient (Wildman–Crippen LogP) is 1.59. The Morgan fingerprint density at radius 2 is 1.75 bits per heavy atom. The number of anilines is 1. The lowest BCUT2D eigenvalue weighted by atomic mass is 10.1. The molecule has 8 nitrogen and oxygen atoms in total. The van der Waals surface area contributed by atoms with Crippen LogP contribution in [0.3, 0.4) is 0 Å². The topological polar surface area (TPSA) is 124 Å². The first-order valence-corrected chi connectivity index (χ1v) is 11.7. The summed E-state index contributed by atoms with van der Waals surface area (Å²) >= 11 is 0. The molecule has 0 radical (unpaired) electrons. The van der Waals surface area contributed by atoms with Crippen molar-refractivity contribution < 1.29 is 16.8 Å². The molecule has 0 spiro atoms. The fourth-order valence-electron chi connectivity index (χ4n) is 2.78. The molecule has 0 saturated heterocycles. The zero-order valence-electron chi connectivity index (χ0n) is 15.1. The summed E-state index contributed by atoms with van der Waals surface area (Å²) in [7, 11) is -7.68. The molecule has 0 aliphatic rings. The number of nitrogens with two attached hydrogens (primary N) is 1. The molecule has 0 aliphatic carbocycles. The van der Waals surface area contributed by atoms with Crippen molar-refractivity contribution in [1.29, 1.82) is 0 Å². The van der Waals surface area contributed by atoms with Crippen molar-refractivity contribution in [3.8, 4) is 0 Å². The van der Waals surface area contributed by atoms with Crippen LogP contribution in [-0.4, -0.2) is 32.9 Å². The Bertz CT molecular complexity index is 1190. The monoisotopic (exact) mass is 420 g/mol. The lowest BCUT2D eigenvalue weighted by Gasteiger charge is -2.15. The molecular weight excluding hydrogens is 400 g/mol.